The summed E-state index contributed by atoms with van der Waals surface area (Å²) in [7, 11) is 1.52. The third-order valence-corrected chi connectivity index (χ3v) is 6.16. The lowest BCUT2D eigenvalue weighted by Gasteiger charge is -2.12. The highest BCUT2D eigenvalue weighted by Gasteiger charge is 2.18. The summed E-state index contributed by atoms with van der Waals surface area (Å²) in [6.07, 6.45) is 1.73. The van der Waals surface area contributed by atoms with Crippen LogP contribution < -0.4 is 15.6 Å². The molecule has 9 heteroatoms. The predicted octanol–water partition coefficient (Wildman–Crippen LogP) is 5.34. The lowest BCUT2D eigenvalue weighted by atomic mass is 10.2. The smallest absolute Gasteiger partial charge is 0.297 e. The molecule has 2 aromatic heterocycles. The maximum atomic E-state index is 13.2. The number of anilines is 1. The molecule has 1 amide bonds. The number of nitrogens with zero attached hydrogens (tertiary/aromatic N) is 2. The van der Waals surface area contributed by atoms with Crippen LogP contribution in [0.1, 0.15) is 19.8 Å². The van der Waals surface area contributed by atoms with Gasteiger partial charge in [0.05, 0.1) is 18.6 Å². The molecular weight excluding hydrogens is 450 g/mol. The number of nitrogens with one attached hydrogen (secondary N) is 1. The molecular formula is C23H22ClN3O4S. The third kappa shape index (κ3) is 4.47. The van der Waals surface area contributed by atoms with Crippen molar-refractivity contribution in [2.75, 3.05) is 18.2 Å². The molecule has 0 bridgehead atoms. The quantitative estimate of drug-likeness (QED) is 0.276. The van der Waals surface area contributed by atoms with Crippen molar-refractivity contribution in [2.45, 2.75) is 31.5 Å². The fraction of sp³-hybridized carbons (Fsp3) is 0.261. The molecule has 2 aromatic carbocycles. The van der Waals surface area contributed by atoms with E-state index in [-0.39, 0.29) is 22.8 Å². The molecule has 0 aliphatic heterocycles. The Morgan fingerprint density at radius 3 is 2.88 bits per heavy atom. The molecule has 0 saturated carbocycles. The highest BCUT2D eigenvalue weighted by Crippen LogP contribution is 2.29. The van der Waals surface area contributed by atoms with Gasteiger partial charge in [0.2, 0.25) is 11.5 Å². The number of unbranched alkanes of at least 4 members (excludes halogenated alkanes) is 1. The van der Waals surface area contributed by atoms with Gasteiger partial charge < -0.3 is 14.5 Å². The van der Waals surface area contributed by atoms with Crippen molar-refractivity contribution in [3.63, 3.8) is 0 Å². The van der Waals surface area contributed by atoms with E-state index in [4.69, 9.17) is 25.7 Å². The SMILES string of the molecule is CCCCn1c(SCC(=O)Nc2cc(Cl)ccc2OC)nc2c(oc3ccccc32)c1=O. The normalized spacial score (nSPS) is 11.2. The van der Waals surface area contributed by atoms with E-state index in [1.807, 2.05) is 24.3 Å². The summed E-state index contributed by atoms with van der Waals surface area (Å²) in [5.41, 5.74) is 1.61. The molecule has 32 heavy (non-hydrogen) atoms. The van der Waals surface area contributed by atoms with Crippen LogP contribution in [-0.2, 0) is 11.3 Å². The van der Waals surface area contributed by atoms with E-state index in [0.29, 0.717) is 39.3 Å². The molecule has 2 heterocycles. The van der Waals surface area contributed by atoms with Gasteiger partial charge in [-0.3, -0.25) is 14.2 Å². The van der Waals surface area contributed by atoms with Crippen molar-refractivity contribution in [1.82, 2.24) is 9.55 Å². The molecule has 0 atom stereocenters. The highest BCUT2D eigenvalue weighted by atomic mass is 35.5. The number of amides is 1. The molecule has 7 nitrogen and oxygen atoms in total. The number of hydrogen-bond donors (Lipinski definition) is 1. The number of halogens is 1. The molecule has 4 rings (SSSR count). The van der Waals surface area contributed by atoms with Crippen molar-refractivity contribution < 1.29 is 13.9 Å². The van der Waals surface area contributed by atoms with Crippen molar-refractivity contribution in [3.8, 4) is 5.75 Å². The fourth-order valence-corrected chi connectivity index (χ4v) is 4.36. The van der Waals surface area contributed by atoms with Crippen LogP contribution >= 0.6 is 23.4 Å². The Kier molecular flexibility index (Phi) is 6.72. The Balaban J connectivity index is 1.64. The maximum Gasteiger partial charge on any atom is 0.297 e. The molecule has 0 radical (unpaired) electrons. The first-order chi connectivity index (χ1) is 15.5. The summed E-state index contributed by atoms with van der Waals surface area (Å²) in [4.78, 5) is 30.5. The number of rotatable bonds is 8. The maximum absolute atomic E-state index is 13.2. The monoisotopic (exact) mass is 471 g/mol. The largest absolute Gasteiger partial charge is 0.495 e. The van der Waals surface area contributed by atoms with Crippen molar-refractivity contribution >= 4 is 57.0 Å². The summed E-state index contributed by atoms with van der Waals surface area (Å²) < 4.78 is 12.7. The number of aromatic nitrogens is 2. The summed E-state index contributed by atoms with van der Waals surface area (Å²) in [6.45, 7) is 2.55. The zero-order valence-electron chi connectivity index (χ0n) is 17.7. The number of para-hydroxylation sites is 1. The van der Waals surface area contributed by atoms with E-state index in [1.54, 1.807) is 22.8 Å². The minimum absolute atomic E-state index is 0.0650. The number of thioether (sulfide) groups is 1. The van der Waals surface area contributed by atoms with E-state index in [9.17, 15) is 9.59 Å². The fourth-order valence-electron chi connectivity index (χ4n) is 3.37. The summed E-state index contributed by atoms with van der Waals surface area (Å²) in [5.74, 6) is 0.316. The molecule has 0 spiro atoms. The van der Waals surface area contributed by atoms with E-state index in [0.717, 1.165) is 18.2 Å². The topological polar surface area (TPSA) is 86.4 Å². The van der Waals surface area contributed by atoms with Crippen LogP contribution in [0.2, 0.25) is 5.02 Å². The van der Waals surface area contributed by atoms with E-state index < -0.39 is 0 Å². The number of methoxy groups -OCH3 is 1. The van der Waals surface area contributed by atoms with Crippen LogP contribution in [0.4, 0.5) is 5.69 Å². The number of fused-ring (bicyclic) bond motifs is 3. The minimum Gasteiger partial charge on any atom is -0.495 e. The van der Waals surface area contributed by atoms with Crippen LogP contribution in [0.5, 0.6) is 5.75 Å². The molecule has 0 fully saturated rings. The lowest BCUT2D eigenvalue weighted by Crippen LogP contribution is -2.24. The summed E-state index contributed by atoms with van der Waals surface area (Å²) >= 11 is 7.25. The Labute approximate surface area is 193 Å². The van der Waals surface area contributed by atoms with Crippen LogP contribution in [0, 0.1) is 0 Å². The van der Waals surface area contributed by atoms with Gasteiger partial charge in [0.15, 0.2) is 5.16 Å². The van der Waals surface area contributed by atoms with Gasteiger partial charge in [-0.05, 0) is 36.8 Å². The van der Waals surface area contributed by atoms with Crippen LogP contribution in [0.25, 0.3) is 22.1 Å². The van der Waals surface area contributed by atoms with Crippen LogP contribution in [-0.4, -0.2) is 28.3 Å². The van der Waals surface area contributed by atoms with Gasteiger partial charge in [-0.2, -0.15) is 0 Å². The second-order valence-corrected chi connectivity index (χ2v) is 8.54. The molecule has 0 aliphatic rings. The molecule has 0 saturated heterocycles. The summed E-state index contributed by atoms with van der Waals surface area (Å²) in [6, 6.07) is 12.4. The number of hydrogen-bond acceptors (Lipinski definition) is 6. The predicted molar refractivity (Wildman–Crippen MR) is 128 cm³/mol. The van der Waals surface area contributed by atoms with Gasteiger partial charge in [-0.1, -0.05) is 48.8 Å². The van der Waals surface area contributed by atoms with E-state index in [2.05, 4.69) is 12.2 Å². The first-order valence-electron chi connectivity index (χ1n) is 10.2. The minimum atomic E-state index is -0.260. The van der Waals surface area contributed by atoms with Crippen molar-refractivity contribution in [2.24, 2.45) is 0 Å². The average Bonchev–Trinajstić information content (AvgIpc) is 3.16. The molecule has 0 aliphatic carbocycles. The molecule has 1 N–H and O–H groups in total. The van der Waals surface area contributed by atoms with Crippen molar-refractivity contribution in [3.05, 3.63) is 57.8 Å². The van der Waals surface area contributed by atoms with Crippen LogP contribution in [0.3, 0.4) is 0 Å². The number of benzene rings is 2. The average molecular weight is 472 g/mol. The number of carbonyl (C=O) groups is 1. The van der Waals surface area contributed by atoms with Gasteiger partial charge in [0.1, 0.15) is 16.8 Å². The second-order valence-electron chi connectivity index (χ2n) is 7.16. The first kappa shape index (κ1) is 22.2. The Hall–Kier alpha value is -2.97. The number of carbonyl (C=O) groups excluding carboxylic acids is 1. The van der Waals surface area contributed by atoms with E-state index >= 15 is 0 Å². The molecule has 4 aromatic rings. The zero-order chi connectivity index (χ0) is 22.7. The van der Waals surface area contributed by atoms with Gasteiger partial charge in [0, 0.05) is 17.0 Å². The Morgan fingerprint density at radius 1 is 1.28 bits per heavy atom. The van der Waals surface area contributed by atoms with Crippen LogP contribution in [0.15, 0.2) is 56.8 Å². The lowest BCUT2D eigenvalue weighted by molar-refractivity contribution is -0.113. The molecule has 0 unspecified atom stereocenters. The summed E-state index contributed by atoms with van der Waals surface area (Å²) in [5, 5.41) is 4.55. The highest BCUT2D eigenvalue weighted by molar-refractivity contribution is 7.99. The first-order valence-corrected chi connectivity index (χ1v) is 11.6. The van der Waals surface area contributed by atoms with E-state index in [1.165, 1.54) is 18.9 Å². The molecule has 166 valence electrons. The van der Waals surface area contributed by atoms with Crippen molar-refractivity contribution in [1.29, 1.82) is 0 Å². The number of furan rings is 1. The Morgan fingerprint density at radius 2 is 2.09 bits per heavy atom. The van der Waals surface area contributed by atoms with Gasteiger partial charge in [-0.15, -0.1) is 0 Å². The van der Waals surface area contributed by atoms with Gasteiger partial charge >= 0.3 is 0 Å². The standard InChI is InChI=1S/C23H22ClN3O4S/c1-3-4-11-27-22(29)21-20(15-7-5-6-8-17(15)31-21)26-23(27)32-13-19(28)25-16-12-14(24)9-10-18(16)30-2/h5-10,12H,3-4,11,13H2,1-2H3,(H,25,28). The van der Waals surface area contributed by atoms with Gasteiger partial charge in [0.25, 0.3) is 5.56 Å². The number of ether oxygens (including phenoxy) is 1. The Bertz CT molecular complexity index is 1350. The zero-order valence-corrected chi connectivity index (χ0v) is 19.3. The second kappa shape index (κ2) is 9.67. The third-order valence-electron chi connectivity index (χ3n) is 4.95. The van der Waals surface area contributed by atoms with Gasteiger partial charge in [-0.25, -0.2) is 4.98 Å².